The summed E-state index contributed by atoms with van der Waals surface area (Å²) >= 11 is 6.78. The van der Waals surface area contributed by atoms with Gasteiger partial charge in [-0.15, -0.1) is 0 Å². The third-order valence-electron chi connectivity index (χ3n) is 2.41. The van der Waals surface area contributed by atoms with Crippen molar-refractivity contribution in [3.8, 4) is 0 Å². The van der Waals surface area contributed by atoms with Gasteiger partial charge in [0.25, 0.3) is 0 Å². The molecule has 1 heterocycles. The second-order valence-corrected chi connectivity index (χ2v) is 5.06. The molecule has 20 heavy (non-hydrogen) atoms. The maximum Gasteiger partial charge on any atom is 0.338 e. The summed E-state index contributed by atoms with van der Waals surface area (Å²) in [5.41, 5.74) is -0.265. The maximum absolute atomic E-state index is 13.6. The topological polar surface area (TPSA) is 67.3 Å². The van der Waals surface area contributed by atoms with E-state index in [4.69, 9.17) is 16.7 Å². The van der Waals surface area contributed by atoms with E-state index in [1.165, 1.54) is 24.4 Å². The molecule has 0 amide bonds. The molecule has 0 bridgehead atoms. The number of rotatable bonds is 4. The minimum atomic E-state index is -1.17. The van der Waals surface area contributed by atoms with Gasteiger partial charge in [0.15, 0.2) is 6.29 Å². The van der Waals surface area contributed by atoms with Crippen LogP contribution in [0.25, 0.3) is 0 Å². The Bertz CT molecular complexity index is 693. The molecule has 2 rings (SSSR count). The summed E-state index contributed by atoms with van der Waals surface area (Å²) in [6, 6.07) is 5.22. The lowest BCUT2D eigenvalue weighted by molar-refractivity contribution is 0.0692. The molecule has 1 N–H and O–H groups in total. The molecule has 1 aromatic heterocycles. The van der Waals surface area contributed by atoms with Gasteiger partial charge in [-0.1, -0.05) is 23.4 Å². The van der Waals surface area contributed by atoms with E-state index in [-0.39, 0.29) is 26.1 Å². The van der Waals surface area contributed by atoms with Gasteiger partial charge in [0.05, 0.1) is 16.1 Å². The van der Waals surface area contributed by atoms with Crippen molar-refractivity contribution < 1.29 is 19.1 Å². The van der Waals surface area contributed by atoms with Crippen molar-refractivity contribution >= 4 is 35.6 Å². The maximum atomic E-state index is 13.6. The average molecular weight is 312 g/mol. The molecule has 0 fully saturated rings. The number of aldehydes is 1. The summed E-state index contributed by atoms with van der Waals surface area (Å²) < 4.78 is 13.6. The number of hydrogen-bond donors (Lipinski definition) is 1. The zero-order valence-electron chi connectivity index (χ0n) is 9.84. The Kier molecular flexibility index (Phi) is 4.36. The first-order valence-electron chi connectivity index (χ1n) is 5.34. The first-order valence-corrected chi connectivity index (χ1v) is 6.53. The molecule has 0 unspecified atom stereocenters. The minimum Gasteiger partial charge on any atom is -0.478 e. The van der Waals surface area contributed by atoms with Crippen molar-refractivity contribution in [2.75, 3.05) is 0 Å². The van der Waals surface area contributed by atoms with Crippen molar-refractivity contribution in [1.82, 2.24) is 4.98 Å². The predicted octanol–water partition coefficient (Wildman–Crippen LogP) is 3.54. The number of carboxylic acid groups (broad SMARTS) is 1. The van der Waals surface area contributed by atoms with E-state index in [9.17, 15) is 14.0 Å². The molecule has 1 aromatic carbocycles. The number of pyridine rings is 1. The zero-order chi connectivity index (χ0) is 14.7. The fourth-order valence-corrected chi connectivity index (χ4v) is 2.77. The Balaban J connectivity index is 2.53. The summed E-state index contributed by atoms with van der Waals surface area (Å²) in [4.78, 5) is 26.1. The van der Waals surface area contributed by atoms with Crippen LogP contribution in [-0.2, 0) is 0 Å². The molecule has 2 aromatic rings. The number of benzene rings is 1. The van der Waals surface area contributed by atoms with E-state index in [0.717, 1.165) is 17.8 Å². The third kappa shape index (κ3) is 2.81. The predicted molar refractivity (Wildman–Crippen MR) is 72.1 cm³/mol. The van der Waals surface area contributed by atoms with Crippen molar-refractivity contribution in [1.29, 1.82) is 0 Å². The average Bonchev–Trinajstić information content (AvgIpc) is 2.43. The molecule has 4 nitrogen and oxygen atoms in total. The van der Waals surface area contributed by atoms with Gasteiger partial charge in [-0.25, -0.2) is 14.2 Å². The lowest BCUT2D eigenvalue weighted by Gasteiger charge is -2.09. The quantitative estimate of drug-likeness (QED) is 0.875. The first-order chi connectivity index (χ1) is 9.54. The van der Waals surface area contributed by atoms with Crippen LogP contribution in [0.1, 0.15) is 20.7 Å². The Morgan fingerprint density at radius 3 is 2.80 bits per heavy atom. The van der Waals surface area contributed by atoms with Gasteiger partial charge < -0.3 is 5.11 Å². The molecule has 0 saturated heterocycles. The standard InChI is InChI=1S/C13H7ClFNO3S/c14-9-3-4-10(15)8(6-17)11(9)20-12-7(13(18)19)2-1-5-16-12/h1-6H,(H,18,19). The van der Waals surface area contributed by atoms with Crippen LogP contribution < -0.4 is 0 Å². The fourth-order valence-electron chi connectivity index (χ4n) is 1.49. The molecule has 0 saturated carbocycles. The van der Waals surface area contributed by atoms with Crippen LogP contribution in [0.4, 0.5) is 4.39 Å². The molecule has 0 aliphatic rings. The lowest BCUT2D eigenvalue weighted by atomic mass is 10.2. The van der Waals surface area contributed by atoms with Gasteiger partial charge in [-0.05, 0) is 24.3 Å². The highest BCUT2D eigenvalue weighted by Crippen LogP contribution is 2.36. The van der Waals surface area contributed by atoms with Crippen LogP contribution in [0, 0.1) is 5.82 Å². The van der Waals surface area contributed by atoms with Crippen molar-refractivity contribution in [2.45, 2.75) is 9.92 Å². The van der Waals surface area contributed by atoms with Gasteiger partial charge >= 0.3 is 5.97 Å². The van der Waals surface area contributed by atoms with Crippen LogP contribution in [0.2, 0.25) is 5.02 Å². The molecule has 7 heteroatoms. The summed E-state index contributed by atoms with van der Waals surface area (Å²) in [7, 11) is 0. The molecule has 0 spiro atoms. The van der Waals surface area contributed by atoms with E-state index >= 15 is 0 Å². The van der Waals surface area contributed by atoms with Gasteiger partial charge in [0.2, 0.25) is 0 Å². The molecular weight excluding hydrogens is 305 g/mol. The number of halogens is 2. The van der Waals surface area contributed by atoms with Crippen molar-refractivity contribution in [3.05, 3.63) is 52.4 Å². The largest absolute Gasteiger partial charge is 0.478 e. The van der Waals surface area contributed by atoms with Crippen molar-refractivity contribution in [3.63, 3.8) is 0 Å². The van der Waals surface area contributed by atoms with E-state index < -0.39 is 11.8 Å². The second kappa shape index (κ2) is 6.02. The van der Waals surface area contributed by atoms with Crippen LogP contribution in [0.5, 0.6) is 0 Å². The SMILES string of the molecule is O=Cc1c(F)ccc(Cl)c1Sc1ncccc1C(=O)O. The minimum absolute atomic E-state index is 0.0466. The van der Waals surface area contributed by atoms with Gasteiger partial charge in [0.1, 0.15) is 10.8 Å². The number of nitrogens with zero attached hydrogens (tertiary/aromatic N) is 1. The summed E-state index contributed by atoms with van der Waals surface area (Å²) in [5, 5.41) is 9.35. The number of hydrogen-bond acceptors (Lipinski definition) is 4. The summed E-state index contributed by atoms with van der Waals surface area (Å²) in [6.45, 7) is 0. The summed E-state index contributed by atoms with van der Waals surface area (Å²) in [6.07, 6.45) is 1.75. The molecule has 0 radical (unpaired) electrons. The Hall–Kier alpha value is -1.92. The summed E-state index contributed by atoms with van der Waals surface area (Å²) in [5.74, 6) is -1.89. The molecule has 102 valence electrons. The molecule has 0 atom stereocenters. The van der Waals surface area contributed by atoms with Crippen LogP contribution in [0.3, 0.4) is 0 Å². The van der Waals surface area contributed by atoms with E-state index in [2.05, 4.69) is 4.98 Å². The Morgan fingerprint density at radius 2 is 2.15 bits per heavy atom. The smallest absolute Gasteiger partial charge is 0.338 e. The number of carbonyl (C=O) groups excluding carboxylic acids is 1. The zero-order valence-corrected chi connectivity index (χ0v) is 11.4. The highest BCUT2D eigenvalue weighted by atomic mass is 35.5. The highest BCUT2D eigenvalue weighted by Gasteiger charge is 2.18. The fraction of sp³-hybridized carbons (Fsp3) is 0. The third-order valence-corrected chi connectivity index (χ3v) is 4.00. The van der Waals surface area contributed by atoms with Gasteiger partial charge in [-0.3, -0.25) is 4.79 Å². The van der Waals surface area contributed by atoms with Crippen LogP contribution in [0.15, 0.2) is 40.4 Å². The second-order valence-electron chi connectivity index (χ2n) is 3.65. The van der Waals surface area contributed by atoms with Crippen LogP contribution in [-0.4, -0.2) is 22.3 Å². The van der Waals surface area contributed by atoms with E-state index in [0.29, 0.717) is 6.29 Å². The lowest BCUT2D eigenvalue weighted by Crippen LogP contribution is -2.01. The molecular formula is C13H7ClFNO3S. The normalized spacial score (nSPS) is 10.3. The van der Waals surface area contributed by atoms with E-state index in [1.54, 1.807) is 0 Å². The highest BCUT2D eigenvalue weighted by molar-refractivity contribution is 7.99. The number of aromatic carboxylic acids is 1. The number of aromatic nitrogens is 1. The van der Waals surface area contributed by atoms with Crippen molar-refractivity contribution in [2.24, 2.45) is 0 Å². The monoisotopic (exact) mass is 311 g/mol. The first kappa shape index (κ1) is 14.5. The molecule has 0 aliphatic carbocycles. The number of carbonyl (C=O) groups is 2. The number of carboxylic acids is 1. The molecule has 0 aliphatic heterocycles. The Morgan fingerprint density at radius 1 is 1.40 bits per heavy atom. The van der Waals surface area contributed by atoms with E-state index in [1.807, 2.05) is 0 Å². The van der Waals surface area contributed by atoms with Gasteiger partial charge in [0, 0.05) is 11.1 Å². The Labute approximate surface area is 122 Å². The van der Waals surface area contributed by atoms with Crippen LogP contribution >= 0.6 is 23.4 Å². The van der Waals surface area contributed by atoms with Gasteiger partial charge in [-0.2, -0.15) is 0 Å².